The second-order valence-corrected chi connectivity index (χ2v) is 15.6. The van der Waals surface area contributed by atoms with E-state index in [1.165, 1.54) is 35.5 Å². The number of aromatic nitrogens is 2. The Morgan fingerprint density at radius 3 is 2.69 bits per heavy atom. The van der Waals surface area contributed by atoms with Crippen molar-refractivity contribution in [3.63, 3.8) is 0 Å². The van der Waals surface area contributed by atoms with Crippen LogP contribution in [0.4, 0.5) is 0 Å². The average Bonchev–Trinajstić information content (AvgIpc) is 2.94. The first-order valence-corrected chi connectivity index (χ1v) is 14.6. The van der Waals surface area contributed by atoms with Crippen LogP contribution in [0.1, 0.15) is 27.9 Å². The zero-order valence-electron chi connectivity index (χ0n) is 17.3. The molecule has 2 rings (SSSR count). The van der Waals surface area contributed by atoms with E-state index < -0.39 is 14.0 Å². The molecule has 0 unspecified atom stereocenters. The Balaban J connectivity index is 2.15. The Hall–Kier alpha value is -1.91. The molecular formula is C19H26N2O5S2Si. The Morgan fingerprint density at radius 1 is 1.31 bits per heavy atom. The molecule has 0 saturated carbocycles. The summed E-state index contributed by atoms with van der Waals surface area (Å²) in [6.07, 6.45) is 2.72. The number of pyridine rings is 1. The minimum Gasteiger partial charge on any atom is -0.619 e. The molecule has 0 radical (unpaired) electrons. The highest BCUT2D eigenvalue weighted by molar-refractivity contribution is 8.01. The molecule has 7 nitrogen and oxygen atoms in total. The normalized spacial score (nSPS) is 11.3. The number of aryl methyl sites for hydroxylation is 1. The molecule has 0 aromatic carbocycles. The zero-order valence-corrected chi connectivity index (χ0v) is 19.9. The number of rotatable bonds is 9. The lowest BCUT2D eigenvalue weighted by atomic mass is 10.3. The highest BCUT2D eigenvalue weighted by Gasteiger charge is 2.21. The Kier molecular flexibility index (Phi) is 8.23. The molecular weight excluding hydrogens is 428 g/mol. The standard InChI is InChI=1S/C19H26N2O5S2Si/c1-6-25-17(22)11-16-13(2)20-19(28-16)27-15-7-8-21(24)12-14(15)18(23)26-9-10-29(3,4)5/h7-8,12H,6,9-11H2,1-5H3. The number of carbonyl (C=O) groups excluding carboxylic acids is 2. The van der Waals surface area contributed by atoms with E-state index in [-0.39, 0.29) is 18.0 Å². The summed E-state index contributed by atoms with van der Waals surface area (Å²) >= 11 is 2.65. The minimum absolute atomic E-state index is 0.166. The smallest absolute Gasteiger partial charge is 0.345 e. The van der Waals surface area contributed by atoms with Crippen molar-refractivity contribution < 1.29 is 23.8 Å². The Morgan fingerprint density at radius 2 is 2.03 bits per heavy atom. The number of esters is 2. The third-order valence-electron chi connectivity index (χ3n) is 3.88. The number of thiazole rings is 1. The second-order valence-electron chi connectivity index (χ2n) is 7.60. The van der Waals surface area contributed by atoms with Gasteiger partial charge in [0.05, 0.1) is 25.3 Å². The maximum Gasteiger partial charge on any atom is 0.345 e. The number of hydrogen-bond acceptors (Lipinski definition) is 8. The van der Waals surface area contributed by atoms with Gasteiger partial charge in [-0.1, -0.05) is 31.4 Å². The molecule has 0 aliphatic rings. The highest BCUT2D eigenvalue weighted by Crippen LogP contribution is 2.35. The van der Waals surface area contributed by atoms with E-state index in [2.05, 4.69) is 24.6 Å². The average molecular weight is 455 g/mol. The van der Waals surface area contributed by atoms with Gasteiger partial charge in [0, 0.05) is 23.9 Å². The molecule has 10 heteroatoms. The van der Waals surface area contributed by atoms with Gasteiger partial charge in [-0.3, -0.25) is 4.79 Å². The first-order chi connectivity index (χ1) is 13.6. The van der Waals surface area contributed by atoms with Gasteiger partial charge in [-0.05, 0) is 19.9 Å². The minimum atomic E-state index is -1.33. The van der Waals surface area contributed by atoms with Crippen LogP contribution in [0.15, 0.2) is 27.7 Å². The second kappa shape index (κ2) is 10.2. The molecule has 29 heavy (non-hydrogen) atoms. The summed E-state index contributed by atoms with van der Waals surface area (Å²) in [5.74, 6) is -0.814. The molecule has 2 aromatic rings. The number of hydrogen-bond donors (Lipinski definition) is 0. The lowest BCUT2D eigenvalue weighted by molar-refractivity contribution is -0.605. The van der Waals surface area contributed by atoms with Gasteiger partial charge < -0.3 is 14.7 Å². The predicted octanol–water partition coefficient (Wildman–Crippen LogP) is 3.84. The molecule has 0 fully saturated rings. The van der Waals surface area contributed by atoms with Gasteiger partial charge in [0.15, 0.2) is 16.7 Å². The van der Waals surface area contributed by atoms with Crippen LogP contribution < -0.4 is 4.73 Å². The largest absolute Gasteiger partial charge is 0.619 e. The SMILES string of the molecule is CCOC(=O)Cc1sc(Sc2cc[n+]([O-])cc2C(=O)OCC[Si](C)(C)C)nc1C. The van der Waals surface area contributed by atoms with Gasteiger partial charge in [-0.25, -0.2) is 9.78 Å². The molecule has 0 saturated heterocycles. The molecule has 0 N–H and O–H groups in total. The summed E-state index contributed by atoms with van der Waals surface area (Å²) in [5, 5.41) is 11.7. The third-order valence-corrected chi connectivity index (χ3v) is 7.88. The van der Waals surface area contributed by atoms with Crippen LogP contribution in [-0.4, -0.2) is 38.2 Å². The zero-order chi connectivity index (χ0) is 21.6. The summed E-state index contributed by atoms with van der Waals surface area (Å²) < 4.78 is 11.7. The topological polar surface area (TPSA) is 92.4 Å². The maximum atomic E-state index is 12.5. The lowest BCUT2D eigenvalue weighted by Gasteiger charge is -2.15. The Labute approximate surface area is 180 Å². The summed E-state index contributed by atoms with van der Waals surface area (Å²) in [7, 11) is -1.33. The van der Waals surface area contributed by atoms with E-state index in [1.807, 2.05) is 6.92 Å². The van der Waals surface area contributed by atoms with Crippen molar-refractivity contribution in [1.29, 1.82) is 0 Å². The molecule has 158 valence electrons. The van der Waals surface area contributed by atoms with Crippen LogP contribution in [-0.2, 0) is 20.7 Å². The van der Waals surface area contributed by atoms with Crippen molar-refractivity contribution in [3.05, 3.63) is 39.8 Å². The monoisotopic (exact) mass is 454 g/mol. The van der Waals surface area contributed by atoms with E-state index in [9.17, 15) is 14.8 Å². The van der Waals surface area contributed by atoms with E-state index in [4.69, 9.17) is 9.47 Å². The summed E-state index contributed by atoms with van der Waals surface area (Å²) in [4.78, 5) is 30.2. The van der Waals surface area contributed by atoms with Crippen LogP contribution in [0.2, 0.25) is 25.7 Å². The van der Waals surface area contributed by atoms with Gasteiger partial charge in [-0.15, -0.1) is 11.3 Å². The molecule has 2 aromatic heterocycles. The fraction of sp³-hybridized carbons (Fsp3) is 0.474. The first kappa shape index (κ1) is 23.4. The van der Waals surface area contributed by atoms with Crippen LogP contribution in [0.25, 0.3) is 0 Å². The summed E-state index contributed by atoms with van der Waals surface area (Å²) in [5.41, 5.74) is 0.961. The number of nitrogens with zero attached hydrogens (tertiary/aromatic N) is 2. The van der Waals surface area contributed by atoms with Gasteiger partial charge in [-0.2, -0.15) is 4.73 Å². The molecule has 0 atom stereocenters. The fourth-order valence-electron chi connectivity index (χ4n) is 2.28. The predicted molar refractivity (Wildman–Crippen MR) is 115 cm³/mol. The van der Waals surface area contributed by atoms with Gasteiger partial charge >= 0.3 is 11.9 Å². The molecule has 0 amide bonds. The summed E-state index contributed by atoms with van der Waals surface area (Å²) in [6.45, 7) is 10.9. The van der Waals surface area contributed by atoms with Crippen molar-refractivity contribution in [2.45, 2.75) is 55.2 Å². The van der Waals surface area contributed by atoms with Gasteiger partial charge in [0.1, 0.15) is 5.56 Å². The molecule has 2 heterocycles. The van der Waals surface area contributed by atoms with E-state index in [0.29, 0.717) is 27.2 Å². The van der Waals surface area contributed by atoms with Crippen LogP contribution in [0, 0.1) is 12.1 Å². The highest BCUT2D eigenvalue weighted by atomic mass is 32.2. The van der Waals surface area contributed by atoms with Crippen LogP contribution >= 0.6 is 23.1 Å². The van der Waals surface area contributed by atoms with Crippen molar-refractivity contribution in [2.24, 2.45) is 0 Å². The lowest BCUT2D eigenvalue weighted by Crippen LogP contribution is -2.27. The van der Waals surface area contributed by atoms with Crippen LogP contribution in [0.3, 0.4) is 0 Å². The van der Waals surface area contributed by atoms with Crippen molar-refractivity contribution in [2.75, 3.05) is 13.2 Å². The van der Waals surface area contributed by atoms with Crippen molar-refractivity contribution in [1.82, 2.24) is 4.98 Å². The van der Waals surface area contributed by atoms with Crippen molar-refractivity contribution in [3.8, 4) is 0 Å². The van der Waals surface area contributed by atoms with Crippen molar-refractivity contribution >= 4 is 43.1 Å². The van der Waals surface area contributed by atoms with E-state index in [0.717, 1.165) is 16.6 Å². The van der Waals surface area contributed by atoms with Crippen LogP contribution in [0.5, 0.6) is 0 Å². The molecule has 0 aliphatic heterocycles. The number of ether oxygens (including phenoxy) is 2. The third kappa shape index (κ3) is 7.45. The quantitative estimate of drug-likeness (QED) is 0.246. The molecule has 0 bridgehead atoms. The molecule has 0 aliphatic carbocycles. The first-order valence-electron chi connectivity index (χ1n) is 9.28. The Bertz CT molecular complexity index is 880. The maximum absolute atomic E-state index is 12.5. The number of carbonyl (C=O) groups is 2. The van der Waals surface area contributed by atoms with Gasteiger partial charge in [0.2, 0.25) is 0 Å². The van der Waals surface area contributed by atoms with E-state index in [1.54, 1.807) is 13.0 Å². The fourth-order valence-corrected chi connectivity index (χ4v) is 5.26. The summed E-state index contributed by atoms with van der Waals surface area (Å²) in [6, 6.07) is 2.43. The van der Waals surface area contributed by atoms with E-state index >= 15 is 0 Å². The molecule has 0 spiro atoms. The van der Waals surface area contributed by atoms with Gasteiger partial charge in [0.25, 0.3) is 0 Å².